The molecule has 0 radical (unpaired) electrons. The van der Waals surface area contributed by atoms with Gasteiger partial charge < -0.3 is 14.2 Å². The van der Waals surface area contributed by atoms with E-state index in [4.69, 9.17) is 14.2 Å². The van der Waals surface area contributed by atoms with Gasteiger partial charge in [0.15, 0.2) is 11.5 Å². The average Bonchev–Trinajstić information content (AvgIpc) is 2.66. The molecular formula is C21H25NO3. The fourth-order valence-corrected chi connectivity index (χ4v) is 3.60. The molecule has 0 N–H and O–H groups in total. The number of fused-ring (bicyclic) bond motifs is 1. The largest absolute Gasteiger partial charge is 0.486 e. The SMILES string of the molecule is C[C@H]1CN(CCc2ccc3c(c2)OCCO3)C[C@@H](c2ccccc2)O1. The third-order valence-corrected chi connectivity index (χ3v) is 4.83. The lowest BCUT2D eigenvalue weighted by Gasteiger charge is -2.37. The minimum Gasteiger partial charge on any atom is -0.486 e. The monoisotopic (exact) mass is 339 g/mol. The van der Waals surface area contributed by atoms with E-state index in [9.17, 15) is 0 Å². The van der Waals surface area contributed by atoms with Gasteiger partial charge in [0, 0.05) is 19.6 Å². The number of morpholine rings is 1. The maximum atomic E-state index is 6.15. The molecule has 0 bridgehead atoms. The summed E-state index contributed by atoms with van der Waals surface area (Å²) < 4.78 is 17.4. The smallest absolute Gasteiger partial charge is 0.161 e. The lowest BCUT2D eigenvalue weighted by atomic mass is 10.1. The molecular weight excluding hydrogens is 314 g/mol. The second-order valence-corrected chi connectivity index (χ2v) is 6.83. The molecule has 0 saturated carbocycles. The normalized spacial score (nSPS) is 23.4. The summed E-state index contributed by atoms with van der Waals surface area (Å²) in [5.74, 6) is 1.74. The van der Waals surface area contributed by atoms with Crippen LogP contribution in [0.5, 0.6) is 11.5 Å². The first-order valence-electron chi connectivity index (χ1n) is 9.09. The highest BCUT2D eigenvalue weighted by Crippen LogP contribution is 2.31. The van der Waals surface area contributed by atoms with Crippen molar-refractivity contribution in [1.29, 1.82) is 0 Å². The van der Waals surface area contributed by atoms with Gasteiger partial charge in [0.05, 0.1) is 12.2 Å². The molecule has 2 aliphatic rings. The van der Waals surface area contributed by atoms with Crippen LogP contribution >= 0.6 is 0 Å². The van der Waals surface area contributed by atoms with E-state index in [0.717, 1.165) is 37.6 Å². The Kier molecular flexibility index (Phi) is 4.90. The predicted molar refractivity (Wildman–Crippen MR) is 97.3 cm³/mol. The molecule has 2 aromatic carbocycles. The number of nitrogens with zero attached hydrogens (tertiary/aromatic N) is 1. The third-order valence-electron chi connectivity index (χ3n) is 4.83. The third kappa shape index (κ3) is 3.97. The summed E-state index contributed by atoms with van der Waals surface area (Å²) in [5.41, 5.74) is 2.55. The van der Waals surface area contributed by atoms with Crippen LogP contribution in [-0.2, 0) is 11.2 Å². The van der Waals surface area contributed by atoms with Crippen molar-refractivity contribution in [3.63, 3.8) is 0 Å². The van der Waals surface area contributed by atoms with E-state index < -0.39 is 0 Å². The Hall–Kier alpha value is -2.04. The molecule has 2 aromatic rings. The number of ether oxygens (including phenoxy) is 3. The lowest BCUT2D eigenvalue weighted by molar-refractivity contribution is -0.0785. The fraction of sp³-hybridized carbons (Fsp3) is 0.429. The summed E-state index contributed by atoms with van der Waals surface area (Å²) in [4.78, 5) is 2.50. The highest BCUT2D eigenvalue weighted by atomic mass is 16.6. The van der Waals surface area contributed by atoms with Crippen molar-refractivity contribution in [2.75, 3.05) is 32.8 Å². The van der Waals surface area contributed by atoms with Crippen molar-refractivity contribution in [1.82, 2.24) is 4.90 Å². The molecule has 2 aliphatic heterocycles. The van der Waals surface area contributed by atoms with Crippen LogP contribution in [0.1, 0.15) is 24.2 Å². The van der Waals surface area contributed by atoms with Crippen LogP contribution < -0.4 is 9.47 Å². The molecule has 132 valence electrons. The molecule has 0 aliphatic carbocycles. The fourth-order valence-electron chi connectivity index (χ4n) is 3.60. The van der Waals surface area contributed by atoms with E-state index in [-0.39, 0.29) is 12.2 Å². The van der Waals surface area contributed by atoms with Gasteiger partial charge in [-0.3, -0.25) is 4.90 Å². The van der Waals surface area contributed by atoms with Crippen molar-refractivity contribution in [3.05, 3.63) is 59.7 Å². The molecule has 0 aromatic heterocycles. The van der Waals surface area contributed by atoms with Gasteiger partial charge in [-0.1, -0.05) is 36.4 Å². The van der Waals surface area contributed by atoms with Gasteiger partial charge in [-0.15, -0.1) is 0 Å². The van der Waals surface area contributed by atoms with Crippen molar-refractivity contribution in [2.24, 2.45) is 0 Å². The first-order chi connectivity index (χ1) is 12.3. The summed E-state index contributed by atoms with van der Waals surface area (Å²) in [7, 11) is 0. The Labute approximate surface area is 149 Å². The second-order valence-electron chi connectivity index (χ2n) is 6.83. The van der Waals surface area contributed by atoms with Gasteiger partial charge in [0.25, 0.3) is 0 Å². The van der Waals surface area contributed by atoms with Crippen molar-refractivity contribution in [3.8, 4) is 11.5 Å². The van der Waals surface area contributed by atoms with Gasteiger partial charge in [-0.25, -0.2) is 0 Å². The standard InChI is InChI=1S/C21H25NO3/c1-16-14-22(15-21(25-16)18-5-3-2-4-6-18)10-9-17-7-8-19-20(13-17)24-12-11-23-19/h2-8,13,16,21H,9-12,14-15H2,1H3/t16-,21-/m0/s1. The van der Waals surface area contributed by atoms with Crippen molar-refractivity contribution in [2.45, 2.75) is 25.6 Å². The first-order valence-corrected chi connectivity index (χ1v) is 9.09. The van der Waals surface area contributed by atoms with Crippen LogP contribution in [0.3, 0.4) is 0 Å². The summed E-state index contributed by atoms with van der Waals surface area (Å²) >= 11 is 0. The zero-order chi connectivity index (χ0) is 17.1. The van der Waals surface area contributed by atoms with Gasteiger partial charge in [-0.2, -0.15) is 0 Å². The molecule has 1 fully saturated rings. The number of benzene rings is 2. The molecule has 0 unspecified atom stereocenters. The zero-order valence-electron chi connectivity index (χ0n) is 14.7. The number of hydrogen-bond donors (Lipinski definition) is 0. The average molecular weight is 339 g/mol. The zero-order valence-corrected chi connectivity index (χ0v) is 14.7. The van der Waals surface area contributed by atoms with E-state index in [1.54, 1.807) is 0 Å². The van der Waals surface area contributed by atoms with Crippen molar-refractivity contribution >= 4 is 0 Å². The topological polar surface area (TPSA) is 30.9 Å². The maximum absolute atomic E-state index is 6.15. The van der Waals surface area contributed by atoms with Gasteiger partial charge in [-0.05, 0) is 36.6 Å². The highest BCUT2D eigenvalue weighted by Gasteiger charge is 2.26. The molecule has 2 atom stereocenters. The van der Waals surface area contributed by atoms with E-state index in [0.29, 0.717) is 13.2 Å². The van der Waals surface area contributed by atoms with Crippen LogP contribution in [0.4, 0.5) is 0 Å². The minimum absolute atomic E-state index is 0.158. The number of rotatable bonds is 4. The summed E-state index contributed by atoms with van der Waals surface area (Å²) in [6, 6.07) is 16.8. The highest BCUT2D eigenvalue weighted by molar-refractivity contribution is 5.43. The van der Waals surface area contributed by atoms with Crippen LogP contribution in [0.25, 0.3) is 0 Å². The molecule has 4 nitrogen and oxygen atoms in total. The second kappa shape index (κ2) is 7.46. The molecule has 4 heteroatoms. The van der Waals surface area contributed by atoms with Crippen LogP contribution in [-0.4, -0.2) is 43.9 Å². The Morgan fingerprint density at radius 3 is 2.60 bits per heavy atom. The quantitative estimate of drug-likeness (QED) is 0.853. The van der Waals surface area contributed by atoms with Gasteiger partial charge in [0.1, 0.15) is 13.2 Å². The minimum atomic E-state index is 0.158. The van der Waals surface area contributed by atoms with E-state index in [1.165, 1.54) is 11.1 Å². The van der Waals surface area contributed by atoms with Crippen LogP contribution in [0, 0.1) is 0 Å². The number of hydrogen-bond acceptors (Lipinski definition) is 4. The van der Waals surface area contributed by atoms with E-state index >= 15 is 0 Å². The first kappa shape index (κ1) is 16.4. The molecule has 4 rings (SSSR count). The molecule has 25 heavy (non-hydrogen) atoms. The summed E-state index contributed by atoms with van der Waals surface area (Å²) in [5, 5.41) is 0. The Morgan fingerprint density at radius 2 is 1.76 bits per heavy atom. The van der Waals surface area contributed by atoms with Gasteiger partial charge >= 0.3 is 0 Å². The summed E-state index contributed by atoms with van der Waals surface area (Å²) in [6.45, 7) is 6.38. The molecule has 0 spiro atoms. The lowest BCUT2D eigenvalue weighted by Crippen LogP contribution is -2.43. The molecule has 2 heterocycles. The molecule has 1 saturated heterocycles. The van der Waals surface area contributed by atoms with E-state index in [2.05, 4.69) is 54.3 Å². The maximum Gasteiger partial charge on any atom is 0.161 e. The van der Waals surface area contributed by atoms with Crippen LogP contribution in [0.2, 0.25) is 0 Å². The Bertz CT molecular complexity index is 704. The Morgan fingerprint density at radius 1 is 0.960 bits per heavy atom. The van der Waals surface area contributed by atoms with Gasteiger partial charge in [0.2, 0.25) is 0 Å². The Balaban J connectivity index is 1.39. The molecule has 0 amide bonds. The van der Waals surface area contributed by atoms with Crippen molar-refractivity contribution < 1.29 is 14.2 Å². The predicted octanol–water partition coefficient (Wildman–Crippen LogP) is 3.46. The summed E-state index contributed by atoms with van der Waals surface area (Å²) in [6.07, 6.45) is 1.41. The van der Waals surface area contributed by atoms with E-state index in [1.807, 2.05) is 6.07 Å². The van der Waals surface area contributed by atoms with Crippen LogP contribution in [0.15, 0.2) is 48.5 Å².